The molecule has 1 aliphatic rings. The van der Waals surface area contributed by atoms with Crippen molar-refractivity contribution >= 4 is 46.3 Å². The number of benzene rings is 1. The summed E-state index contributed by atoms with van der Waals surface area (Å²) in [6.07, 6.45) is 0. The molecule has 16 heavy (non-hydrogen) atoms. The van der Waals surface area contributed by atoms with E-state index in [0.717, 1.165) is 0 Å². The predicted molar refractivity (Wildman–Crippen MR) is 56.1 cm³/mol. The van der Waals surface area contributed by atoms with Gasteiger partial charge >= 0.3 is 5.69 Å². The average Bonchev–Trinajstić information content (AvgIpc) is 2.45. The lowest BCUT2D eigenvalue weighted by molar-refractivity contribution is -0.384. The number of nitrogens with one attached hydrogen (secondary N) is 1. The fourth-order valence-corrected chi connectivity index (χ4v) is 1.82. The first-order valence-electron chi connectivity index (χ1n) is 3.95. The average molecular weight is 261 g/mol. The van der Waals surface area contributed by atoms with Crippen molar-refractivity contribution in [2.45, 2.75) is 0 Å². The van der Waals surface area contributed by atoms with Crippen molar-refractivity contribution in [1.82, 2.24) is 0 Å². The number of fused-ring (bicyclic) bond motifs is 1. The number of ketones is 1. The van der Waals surface area contributed by atoms with Gasteiger partial charge in [0.25, 0.3) is 11.7 Å². The summed E-state index contributed by atoms with van der Waals surface area (Å²) in [6.45, 7) is 0. The van der Waals surface area contributed by atoms with Crippen LogP contribution in [0.15, 0.2) is 6.07 Å². The zero-order chi connectivity index (χ0) is 12.0. The lowest BCUT2D eigenvalue weighted by Gasteiger charge is -2.02. The summed E-state index contributed by atoms with van der Waals surface area (Å²) >= 11 is 11.3. The number of hydrogen-bond donors (Lipinski definition) is 1. The van der Waals surface area contributed by atoms with Gasteiger partial charge < -0.3 is 5.32 Å². The topological polar surface area (TPSA) is 89.3 Å². The number of nitro groups is 1. The molecule has 0 saturated carbocycles. The highest BCUT2D eigenvalue weighted by molar-refractivity contribution is 6.54. The maximum Gasteiger partial charge on any atom is 0.302 e. The van der Waals surface area contributed by atoms with Crippen LogP contribution in [-0.2, 0) is 4.79 Å². The maximum absolute atomic E-state index is 11.4. The maximum atomic E-state index is 11.4. The first-order valence-corrected chi connectivity index (χ1v) is 4.71. The second-order valence-corrected chi connectivity index (χ2v) is 3.77. The summed E-state index contributed by atoms with van der Waals surface area (Å²) < 4.78 is 0. The molecule has 0 fully saturated rings. The zero-order valence-corrected chi connectivity index (χ0v) is 8.93. The monoisotopic (exact) mass is 260 g/mol. The summed E-state index contributed by atoms with van der Waals surface area (Å²) in [7, 11) is 0. The summed E-state index contributed by atoms with van der Waals surface area (Å²) in [5.74, 6) is -1.92. The quantitative estimate of drug-likeness (QED) is 0.475. The molecule has 1 aromatic carbocycles. The Bertz CT molecular complexity index is 555. The van der Waals surface area contributed by atoms with Gasteiger partial charge in [-0.05, 0) is 6.07 Å². The molecule has 0 aliphatic carbocycles. The number of carbonyl (C=O) groups excluding carboxylic acids is 2. The first kappa shape index (κ1) is 10.8. The molecule has 1 heterocycles. The third-order valence-electron chi connectivity index (χ3n) is 2.06. The SMILES string of the molecule is O=C1Nc2cc(Cl)c(Cl)c([N+](=O)[O-])c2C1=O. The van der Waals surface area contributed by atoms with Gasteiger partial charge in [0.15, 0.2) is 0 Å². The number of anilines is 1. The van der Waals surface area contributed by atoms with Gasteiger partial charge in [0.2, 0.25) is 0 Å². The molecule has 0 atom stereocenters. The minimum atomic E-state index is -0.986. The van der Waals surface area contributed by atoms with E-state index in [1.807, 2.05) is 0 Å². The van der Waals surface area contributed by atoms with Gasteiger partial charge in [-0.25, -0.2) is 0 Å². The van der Waals surface area contributed by atoms with Gasteiger partial charge in [0, 0.05) is 0 Å². The predicted octanol–water partition coefficient (Wildman–Crippen LogP) is 2.04. The van der Waals surface area contributed by atoms with E-state index in [1.165, 1.54) is 6.07 Å². The molecule has 1 aliphatic heterocycles. The van der Waals surface area contributed by atoms with Crippen molar-refractivity contribution in [1.29, 1.82) is 0 Å². The number of amides is 1. The molecule has 8 heteroatoms. The molecule has 0 radical (unpaired) electrons. The van der Waals surface area contributed by atoms with E-state index < -0.39 is 22.3 Å². The molecule has 0 spiro atoms. The van der Waals surface area contributed by atoms with E-state index in [-0.39, 0.29) is 21.3 Å². The van der Waals surface area contributed by atoms with E-state index in [1.54, 1.807) is 0 Å². The fraction of sp³-hybridized carbons (Fsp3) is 0. The van der Waals surface area contributed by atoms with Crippen LogP contribution in [0.3, 0.4) is 0 Å². The Morgan fingerprint density at radius 3 is 2.50 bits per heavy atom. The largest absolute Gasteiger partial charge is 0.318 e. The van der Waals surface area contributed by atoms with Crippen LogP contribution < -0.4 is 5.32 Å². The molecule has 0 saturated heterocycles. The minimum Gasteiger partial charge on any atom is -0.318 e. The zero-order valence-electron chi connectivity index (χ0n) is 7.41. The van der Waals surface area contributed by atoms with Crippen LogP contribution in [-0.4, -0.2) is 16.6 Å². The lowest BCUT2D eigenvalue weighted by atomic mass is 10.1. The summed E-state index contributed by atoms with van der Waals surface area (Å²) in [6, 6.07) is 1.20. The number of rotatable bonds is 1. The van der Waals surface area contributed by atoms with Crippen LogP contribution in [0.25, 0.3) is 0 Å². The van der Waals surface area contributed by atoms with Crippen molar-refractivity contribution in [3.63, 3.8) is 0 Å². The van der Waals surface area contributed by atoms with Crippen LogP contribution in [0.2, 0.25) is 10.0 Å². The molecule has 0 bridgehead atoms. The van der Waals surface area contributed by atoms with Crippen molar-refractivity contribution < 1.29 is 14.5 Å². The van der Waals surface area contributed by atoms with E-state index >= 15 is 0 Å². The Balaban J connectivity index is 2.84. The molecule has 0 unspecified atom stereocenters. The van der Waals surface area contributed by atoms with Crippen LogP contribution >= 0.6 is 23.2 Å². The molecule has 1 N–H and O–H groups in total. The number of carbonyl (C=O) groups is 2. The molecule has 82 valence electrons. The fourth-order valence-electron chi connectivity index (χ4n) is 1.41. The van der Waals surface area contributed by atoms with Crippen LogP contribution in [0, 0.1) is 10.1 Å². The molecular formula is C8H2Cl2N2O4. The van der Waals surface area contributed by atoms with E-state index in [4.69, 9.17) is 23.2 Å². The van der Waals surface area contributed by atoms with Crippen molar-refractivity contribution in [2.24, 2.45) is 0 Å². The summed E-state index contributed by atoms with van der Waals surface area (Å²) in [5.41, 5.74) is -0.979. The van der Waals surface area contributed by atoms with Crippen molar-refractivity contribution in [3.8, 4) is 0 Å². The Morgan fingerprint density at radius 2 is 1.94 bits per heavy atom. The third-order valence-corrected chi connectivity index (χ3v) is 2.84. The van der Waals surface area contributed by atoms with E-state index in [0.29, 0.717) is 0 Å². The van der Waals surface area contributed by atoms with Gasteiger partial charge in [-0.3, -0.25) is 19.7 Å². The first-order chi connectivity index (χ1) is 7.43. The smallest absolute Gasteiger partial charge is 0.302 e. The Kier molecular flexibility index (Phi) is 2.32. The van der Waals surface area contributed by atoms with Crippen molar-refractivity contribution in [2.75, 3.05) is 5.32 Å². The van der Waals surface area contributed by atoms with E-state index in [9.17, 15) is 19.7 Å². The lowest BCUT2D eigenvalue weighted by Crippen LogP contribution is -2.13. The second-order valence-electron chi connectivity index (χ2n) is 2.98. The molecular weight excluding hydrogens is 259 g/mol. The molecule has 0 aromatic heterocycles. The molecule has 1 aromatic rings. The number of nitrogens with zero attached hydrogens (tertiary/aromatic N) is 1. The molecule has 6 nitrogen and oxygen atoms in total. The van der Waals surface area contributed by atoms with Crippen molar-refractivity contribution in [3.05, 3.63) is 31.8 Å². The number of halogens is 2. The number of Topliss-reactive ketones (excluding diaryl/α,β-unsaturated/α-hetero) is 1. The van der Waals surface area contributed by atoms with Crippen LogP contribution in [0.5, 0.6) is 0 Å². The van der Waals surface area contributed by atoms with Gasteiger partial charge in [0.1, 0.15) is 10.6 Å². The molecule has 2 rings (SSSR count). The third kappa shape index (κ3) is 1.35. The van der Waals surface area contributed by atoms with E-state index in [2.05, 4.69) is 5.32 Å². The standard InChI is InChI=1S/C8H2Cl2N2O4/c9-2-1-3-4(7(13)8(14)11-3)6(5(2)10)12(15)16/h1H,(H,11,13,14). The second kappa shape index (κ2) is 3.43. The molecule has 1 amide bonds. The minimum absolute atomic E-state index is 0.0103. The Morgan fingerprint density at radius 1 is 1.31 bits per heavy atom. The highest BCUT2D eigenvalue weighted by Gasteiger charge is 2.38. The normalized spacial score (nSPS) is 13.6. The Labute approximate surface area is 98.3 Å². The number of hydrogen-bond acceptors (Lipinski definition) is 4. The highest BCUT2D eigenvalue weighted by atomic mass is 35.5. The van der Waals surface area contributed by atoms with Crippen LogP contribution in [0.4, 0.5) is 11.4 Å². The highest BCUT2D eigenvalue weighted by Crippen LogP contribution is 2.41. The van der Waals surface area contributed by atoms with Crippen LogP contribution in [0.1, 0.15) is 10.4 Å². The van der Waals surface area contributed by atoms with Gasteiger partial charge in [-0.15, -0.1) is 0 Å². The number of nitro benzene ring substituents is 1. The van der Waals surface area contributed by atoms with Gasteiger partial charge in [-0.2, -0.15) is 0 Å². The summed E-state index contributed by atoms with van der Waals surface area (Å²) in [4.78, 5) is 32.3. The summed E-state index contributed by atoms with van der Waals surface area (Å²) in [5, 5.41) is 12.5. The van der Waals surface area contributed by atoms with Gasteiger partial charge in [0.05, 0.1) is 15.6 Å². The van der Waals surface area contributed by atoms with Gasteiger partial charge in [-0.1, -0.05) is 23.2 Å². The Hall–Kier alpha value is -1.66.